The van der Waals surface area contributed by atoms with Gasteiger partial charge in [0, 0.05) is 115 Å². The van der Waals surface area contributed by atoms with E-state index in [1.807, 2.05) is 175 Å². The quantitative estimate of drug-likeness (QED) is 0.0204. The average molecular weight is 1680 g/mol. The third kappa shape index (κ3) is 26.8. The van der Waals surface area contributed by atoms with E-state index in [0.717, 1.165) is 66.4 Å². The predicted octanol–water partition coefficient (Wildman–Crippen LogP) is 15.4. The molecule has 10 N–H and O–H groups in total. The zero-order valence-corrected chi connectivity index (χ0v) is 72.2. The molecule has 4 fully saturated rings. The summed E-state index contributed by atoms with van der Waals surface area (Å²) < 4.78 is 0. The molecule has 0 aliphatic carbocycles. The van der Waals surface area contributed by atoms with Crippen LogP contribution in [0, 0.1) is 0 Å². The molecule has 18 nitrogen and oxygen atoms in total. The van der Waals surface area contributed by atoms with Gasteiger partial charge >= 0.3 is 0 Å². The van der Waals surface area contributed by atoms with Gasteiger partial charge in [-0.25, -0.2) is 0 Å². The number of nitrogens with two attached hydrogens (primary N) is 2. The molecule has 120 heavy (non-hydrogen) atoms. The van der Waals surface area contributed by atoms with E-state index in [1.54, 1.807) is 30.4 Å². The molecule has 9 aromatic carbocycles. The summed E-state index contributed by atoms with van der Waals surface area (Å²) in [7, 11) is 0. The van der Waals surface area contributed by atoms with E-state index in [2.05, 4.69) is 135 Å². The number of benzene rings is 9. The number of likely N-dealkylation sites (tertiary alicyclic amines) is 1. The third-order valence-electron chi connectivity index (χ3n) is 23.6. The molecule has 6 amide bonds. The lowest BCUT2D eigenvalue weighted by Gasteiger charge is -2.36. The Hall–Kier alpha value is -9.83. The monoisotopic (exact) mass is 1680 g/mol. The molecule has 4 aliphatic heterocycles. The fourth-order valence-electron chi connectivity index (χ4n) is 16.6. The second kappa shape index (κ2) is 45.2. The maximum absolute atomic E-state index is 14.3. The van der Waals surface area contributed by atoms with Crippen LogP contribution >= 0.6 is 34.8 Å². The molecule has 21 heteroatoms. The van der Waals surface area contributed by atoms with E-state index in [4.69, 9.17) is 46.3 Å². The first kappa shape index (κ1) is 90.9. The van der Waals surface area contributed by atoms with Crippen molar-refractivity contribution in [3.05, 3.63) is 308 Å². The minimum Gasteiger partial charge on any atom is -0.350 e. The Morgan fingerprint density at radius 1 is 0.450 bits per heavy atom. The maximum Gasteiger partial charge on any atom is 0.251 e. The molecular formula is C99H119Cl3N12O6. The van der Waals surface area contributed by atoms with Crippen molar-refractivity contribution < 1.29 is 28.8 Å². The molecule has 0 radical (unpaired) electrons. The molecule has 0 unspecified atom stereocenters. The van der Waals surface area contributed by atoms with Crippen molar-refractivity contribution in [1.29, 1.82) is 0 Å². The van der Waals surface area contributed by atoms with Gasteiger partial charge in [-0.3, -0.25) is 28.8 Å². The second-order valence-electron chi connectivity index (χ2n) is 33.2. The van der Waals surface area contributed by atoms with Crippen LogP contribution in [0.25, 0.3) is 22.9 Å². The lowest BCUT2D eigenvalue weighted by atomic mass is 9.90. The minimum atomic E-state index is -0.608. The average Bonchev–Trinajstić information content (AvgIpc) is 1.78. The Morgan fingerprint density at radius 3 is 1.28 bits per heavy atom. The van der Waals surface area contributed by atoms with Crippen molar-refractivity contribution in [1.82, 2.24) is 51.5 Å². The Labute approximate surface area is 724 Å². The first-order valence-corrected chi connectivity index (χ1v) is 43.6. The van der Waals surface area contributed by atoms with Gasteiger partial charge in [-0.2, -0.15) is 0 Å². The molecule has 4 aliphatic rings. The zero-order chi connectivity index (χ0) is 85.0. The molecule has 9 aromatic rings. The lowest BCUT2D eigenvalue weighted by molar-refractivity contribution is -0.133. The van der Waals surface area contributed by atoms with E-state index in [-0.39, 0.29) is 83.4 Å². The van der Waals surface area contributed by atoms with Crippen LogP contribution in [0.5, 0.6) is 0 Å². The van der Waals surface area contributed by atoms with Gasteiger partial charge in [-0.05, 0) is 222 Å². The Morgan fingerprint density at radius 2 is 0.842 bits per heavy atom. The number of hydrogen-bond acceptors (Lipinski definition) is 12. The Balaban J connectivity index is 0.000000177. The first-order valence-electron chi connectivity index (χ1n) is 42.5. The molecule has 0 saturated carbocycles. The van der Waals surface area contributed by atoms with Crippen molar-refractivity contribution >= 4 is 93.2 Å². The topological polar surface area (TPSA) is 240 Å². The number of fused-ring (bicyclic) bond motifs is 1. The van der Waals surface area contributed by atoms with E-state index in [1.165, 1.54) is 47.6 Å². The van der Waals surface area contributed by atoms with E-state index < -0.39 is 17.1 Å². The number of carbonyl (C=O) groups is 6. The normalized spacial score (nSPS) is 19.2. The van der Waals surface area contributed by atoms with Crippen molar-refractivity contribution in [3.8, 4) is 0 Å². The van der Waals surface area contributed by atoms with Crippen LogP contribution in [0.15, 0.2) is 249 Å². The van der Waals surface area contributed by atoms with E-state index in [9.17, 15) is 28.8 Å². The Bertz CT molecular complexity index is 4730. The number of rotatable bonds is 29. The number of nitrogens with one attached hydrogen (secondary N) is 6. The minimum absolute atomic E-state index is 0.0178. The van der Waals surface area contributed by atoms with Crippen LogP contribution in [-0.4, -0.2) is 181 Å². The van der Waals surface area contributed by atoms with Crippen LogP contribution in [0.3, 0.4) is 0 Å². The number of piperidine rings is 1. The van der Waals surface area contributed by atoms with Crippen molar-refractivity contribution in [3.63, 3.8) is 0 Å². The molecule has 13 rings (SSSR count). The maximum atomic E-state index is 14.3. The number of carbonyl (C=O) groups excluding carboxylic acids is 6. The summed E-state index contributed by atoms with van der Waals surface area (Å²) >= 11 is 18.0. The zero-order valence-electron chi connectivity index (χ0n) is 69.9. The highest BCUT2D eigenvalue weighted by Crippen LogP contribution is 2.32. The van der Waals surface area contributed by atoms with E-state index in [0.29, 0.717) is 98.8 Å². The summed E-state index contributed by atoms with van der Waals surface area (Å²) in [6, 6.07) is 76.5. The third-order valence-corrected chi connectivity index (χ3v) is 24.3. The molecule has 7 atom stereocenters. The van der Waals surface area contributed by atoms with Gasteiger partial charge in [-0.1, -0.05) is 236 Å². The Kier molecular flexibility index (Phi) is 34.2. The fourth-order valence-corrected chi connectivity index (χ4v) is 17.0. The smallest absolute Gasteiger partial charge is 0.251 e. The summed E-state index contributed by atoms with van der Waals surface area (Å²) in [6.45, 7) is 18.2. The molecule has 4 heterocycles. The van der Waals surface area contributed by atoms with Crippen LogP contribution in [-0.2, 0) is 24.0 Å². The summed E-state index contributed by atoms with van der Waals surface area (Å²) in [4.78, 5) is 88.7. The summed E-state index contributed by atoms with van der Waals surface area (Å²) in [5, 5.41) is 24.3. The van der Waals surface area contributed by atoms with E-state index >= 15 is 0 Å². The second-order valence-corrected chi connectivity index (χ2v) is 34.5. The van der Waals surface area contributed by atoms with Crippen molar-refractivity contribution in [2.24, 2.45) is 11.5 Å². The number of amides is 6. The van der Waals surface area contributed by atoms with Crippen molar-refractivity contribution in [2.75, 3.05) is 78.5 Å². The largest absolute Gasteiger partial charge is 0.350 e. The van der Waals surface area contributed by atoms with Crippen LogP contribution in [0.1, 0.15) is 159 Å². The predicted molar refractivity (Wildman–Crippen MR) is 489 cm³/mol. The van der Waals surface area contributed by atoms with Gasteiger partial charge in [0.25, 0.3) is 5.91 Å². The van der Waals surface area contributed by atoms with Crippen molar-refractivity contribution in [2.45, 2.75) is 157 Å². The van der Waals surface area contributed by atoms with Gasteiger partial charge in [0.2, 0.25) is 29.5 Å². The standard InChI is InChI=1S/C38H47ClN4O2.C33H39ClN4O2.C28H33ClN4O2/c1-38(2,41-36(44)21-18-29-16-19-32(39)20-17-29)35-23-27-43(37(45)34(40-35)22-26-42-24-10-5-11-25-42)28-33(30-12-6-3-7-13-30)31-14-8-4-9-15-31;1-33(2,37-31(39)18-15-24-13-16-27(34)17-14-24)30-20-22-38(32(40)29(36-30)19-21-35)23-28(25-9-5-3-6-10-25)26-11-7-4-8-12-26;1-19(20-8-10-24(29)11-9-20)18-33-15-13-25(32-26(12-14-30)28(33)35)17-31-27(34)23-7-6-21-4-2-3-5-22(21)16-23/h3-4,6-9,12-21,33-35,40H,5,10-11,22-28H2,1-2H3,(H,41,44);3-18,28-30,36H,19-23,35H2,1-2H3,(H,37,39);2-11,16,19,25-26,32H,12-15,17-18,30H2,1H3,(H,31,34)/b21-18+;18-15+;/t34-,35-;29-,30-;19-,25-,26-/m000/s1. The molecule has 0 aromatic heterocycles. The van der Waals surface area contributed by atoms with Gasteiger partial charge in [-0.15, -0.1) is 0 Å². The highest BCUT2D eigenvalue weighted by molar-refractivity contribution is 6.31. The highest BCUT2D eigenvalue weighted by Gasteiger charge is 2.42. The molecule has 632 valence electrons. The van der Waals surface area contributed by atoms with Gasteiger partial charge in [0.05, 0.1) is 29.2 Å². The van der Waals surface area contributed by atoms with Crippen LogP contribution in [0.4, 0.5) is 0 Å². The van der Waals surface area contributed by atoms with Gasteiger partial charge in [0.1, 0.15) is 0 Å². The molecule has 0 bridgehead atoms. The van der Waals surface area contributed by atoms with Gasteiger partial charge < -0.3 is 63.0 Å². The van der Waals surface area contributed by atoms with Crippen LogP contribution < -0.4 is 43.4 Å². The molecule has 4 saturated heterocycles. The molecular weight excluding hydrogens is 1560 g/mol. The summed E-state index contributed by atoms with van der Waals surface area (Å²) in [5.41, 5.74) is 18.9. The number of nitrogens with zero attached hydrogens (tertiary/aromatic N) is 4. The number of hydrogen-bond donors (Lipinski definition) is 8. The highest BCUT2D eigenvalue weighted by atomic mass is 35.5. The first-order chi connectivity index (χ1) is 58.0. The fraction of sp³-hybridized carbons (Fsp3) is 0.374. The van der Waals surface area contributed by atoms with Crippen LogP contribution in [0.2, 0.25) is 15.1 Å². The van der Waals surface area contributed by atoms with Gasteiger partial charge in [0.15, 0.2) is 0 Å². The summed E-state index contributed by atoms with van der Waals surface area (Å²) in [6.07, 6.45) is 14.4. The summed E-state index contributed by atoms with van der Waals surface area (Å²) in [5.74, 6) is 0.0921. The SMILES string of the molecule is CC(C)(NC(=O)/C=C/c1ccc(Cl)cc1)[C@@H]1CCN(CC(c2ccccc2)c2ccccc2)C(=O)[C@H](CCN)N1.CC(C)(NC(=O)/C=C/c1ccc(Cl)cc1)[C@@H]1CCN(CC(c2ccccc2)c2ccccc2)C(=O)[C@H](CCN2CCCCC2)N1.C[C@@H](CN1CC[C@@H](CNC(=O)c2ccc3ccccc3c2)N[C@@H](CCN)C1=O)c1ccc(Cl)cc1. The number of halogens is 3. The lowest BCUT2D eigenvalue weighted by Crippen LogP contribution is -2.60. The molecule has 0 spiro atoms.